The van der Waals surface area contributed by atoms with Crippen LogP contribution in [0.15, 0.2) is 71.6 Å². The largest absolute Gasteiger partial charge is 0.413 e. The third-order valence-electron chi connectivity index (χ3n) is 6.08. The van der Waals surface area contributed by atoms with Crippen molar-refractivity contribution >= 4 is 18.3 Å². The van der Waals surface area contributed by atoms with Crippen LogP contribution in [-0.4, -0.2) is 40.2 Å². The van der Waals surface area contributed by atoms with E-state index >= 15 is 0 Å². The lowest BCUT2D eigenvalue weighted by Crippen LogP contribution is -2.41. The zero-order valence-corrected chi connectivity index (χ0v) is 22.7. The number of nitrogens with zero attached hydrogens (tertiary/aromatic N) is 1. The first-order valence-corrected chi connectivity index (χ1v) is 15.6. The van der Waals surface area contributed by atoms with Gasteiger partial charge < -0.3 is 4.43 Å². The van der Waals surface area contributed by atoms with Gasteiger partial charge in [-0.05, 0) is 56.2 Å². The summed E-state index contributed by atoms with van der Waals surface area (Å²) in [6, 6.07) is 16.1. The van der Waals surface area contributed by atoms with E-state index in [2.05, 4.69) is 45.7 Å². The van der Waals surface area contributed by atoms with Gasteiger partial charge in [-0.15, -0.1) is 0 Å². The molecular formula is C27H37NO3SSi. The predicted octanol–water partition coefficient (Wildman–Crippen LogP) is 6.00. The summed E-state index contributed by atoms with van der Waals surface area (Å²) < 4.78 is 34.5. The number of rotatable bonds is 8. The Morgan fingerprint density at radius 2 is 1.67 bits per heavy atom. The molecule has 0 spiro atoms. The molecule has 2 aromatic carbocycles. The van der Waals surface area contributed by atoms with Gasteiger partial charge in [-0.25, -0.2) is 8.42 Å². The van der Waals surface area contributed by atoms with E-state index in [9.17, 15) is 8.42 Å². The fourth-order valence-electron chi connectivity index (χ4n) is 2.86. The third-order valence-corrected chi connectivity index (χ3v) is 12.5. The maximum atomic E-state index is 13.5. The molecule has 6 heteroatoms. The summed E-state index contributed by atoms with van der Waals surface area (Å²) >= 11 is 0. The highest BCUT2D eigenvalue weighted by Crippen LogP contribution is 2.36. The van der Waals surface area contributed by atoms with Crippen LogP contribution in [-0.2, 0) is 14.4 Å². The van der Waals surface area contributed by atoms with E-state index in [-0.39, 0.29) is 22.5 Å². The van der Waals surface area contributed by atoms with Gasteiger partial charge in [0.25, 0.3) is 0 Å². The highest BCUT2D eigenvalue weighted by Gasteiger charge is 2.36. The second-order valence-corrected chi connectivity index (χ2v) is 16.5. The standard InChI is InChI=1S/C27H37NO3SSi/c1-23-17-19-26(20-18-23)32(29,30)28(21-11-16-25-14-9-8-10-15-25)24(2)13-12-22-31-33(6,7)27(3,4)5/h8-10,12-15,17-20,24H,21-22H2,1-7H3/b13-12-. The van der Waals surface area contributed by atoms with E-state index in [1.807, 2.05) is 68.5 Å². The van der Waals surface area contributed by atoms with Crippen molar-refractivity contribution < 1.29 is 12.8 Å². The maximum Gasteiger partial charge on any atom is 0.244 e. The van der Waals surface area contributed by atoms with Gasteiger partial charge in [0.2, 0.25) is 10.0 Å². The van der Waals surface area contributed by atoms with Gasteiger partial charge in [0.05, 0.1) is 18.0 Å². The molecule has 2 aromatic rings. The molecule has 0 fully saturated rings. The minimum atomic E-state index is -3.71. The van der Waals surface area contributed by atoms with Crippen molar-refractivity contribution in [2.75, 3.05) is 13.2 Å². The number of sulfonamides is 1. The van der Waals surface area contributed by atoms with Crippen molar-refractivity contribution in [2.45, 2.75) is 63.7 Å². The second kappa shape index (κ2) is 11.3. The summed E-state index contributed by atoms with van der Waals surface area (Å²) in [5.74, 6) is 6.11. The van der Waals surface area contributed by atoms with E-state index in [0.717, 1.165) is 11.1 Å². The molecule has 0 saturated heterocycles. The Morgan fingerprint density at radius 3 is 2.24 bits per heavy atom. The molecule has 0 aromatic heterocycles. The fourth-order valence-corrected chi connectivity index (χ4v) is 5.30. The van der Waals surface area contributed by atoms with E-state index in [0.29, 0.717) is 6.61 Å². The zero-order valence-electron chi connectivity index (χ0n) is 20.9. The van der Waals surface area contributed by atoms with Crippen molar-refractivity contribution in [3.8, 4) is 11.8 Å². The molecule has 0 saturated carbocycles. The summed E-state index contributed by atoms with van der Waals surface area (Å²) in [4.78, 5) is 0.271. The van der Waals surface area contributed by atoms with Gasteiger partial charge >= 0.3 is 0 Å². The molecule has 33 heavy (non-hydrogen) atoms. The number of aryl methyl sites for hydroxylation is 1. The van der Waals surface area contributed by atoms with Crippen molar-refractivity contribution in [3.05, 3.63) is 77.9 Å². The van der Waals surface area contributed by atoms with Crippen LogP contribution in [0.5, 0.6) is 0 Å². The van der Waals surface area contributed by atoms with Crippen LogP contribution in [0, 0.1) is 18.8 Å². The van der Waals surface area contributed by atoms with Crippen LogP contribution in [0.4, 0.5) is 0 Å². The molecule has 0 radical (unpaired) electrons. The van der Waals surface area contributed by atoms with E-state index in [1.165, 1.54) is 4.31 Å². The molecule has 0 N–H and O–H groups in total. The van der Waals surface area contributed by atoms with Crippen LogP contribution in [0.25, 0.3) is 0 Å². The monoisotopic (exact) mass is 483 g/mol. The maximum absolute atomic E-state index is 13.5. The van der Waals surface area contributed by atoms with Gasteiger partial charge in [0, 0.05) is 11.6 Å². The first-order valence-electron chi connectivity index (χ1n) is 11.3. The molecule has 0 aliphatic carbocycles. The van der Waals surface area contributed by atoms with Gasteiger partial charge in [0.1, 0.15) is 0 Å². The molecule has 1 atom stereocenters. The molecule has 1 unspecified atom stereocenters. The molecule has 0 bridgehead atoms. The first kappa shape index (κ1) is 27.1. The first-order chi connectivity index (χ1) is 15.3. The normalized spacial score (nSPS) is 13.7. The molecule has 0 amide bonds. The molecular weight excluding hydrogens is 446 g/mol. The van der Waals surface area contributed by atoms with Crippen LogP contribution < -0.4 is 0 Å². The smallest absolute Gasteiger partial charge is 0.244 e. The Labute approximate surface area is 201 Å². The summed E-state index contributed by atoms with van der Waals surface area (Å²) in [6.07, 6.45) is 3.82. The van der Waals surface area contributed by atoms with Crippen LogP contribution in [0.1, 0.15) is 38.8 Å². The summed E-state index contributed by atoms with van der Waals surface area (Å²) in [5, 5.41) is 0.125. The Hall–Kier alpha value is -2.17. The minimum absolute atomic E-state index is 0.0969. The number of hydrogen-bond acceptors (Lipinski definition) is 3. The number of benzene rings is 2. The van der Waals surface area contributed by atoms with Crippen molar-refractivity contribution in [1.82, 2.24) is 4.31 Å². The summed E-state index contributed by atoms with van der Waals surface area (Å²) in [7, 11) is -5.58. The Kier molecular flexibility index (Phi) is 9.27. The predicted molar refractivity (Wildman–Crippen MR) is 140 cm³/mol. The van der Waals surface area contributed by atoms with Crippen LogP contribution in [0.3, 0.4) is 0 Å². The average molecular weight is 484 g/mol. The Morgan fingerprint density at radius 1 is 1.06 bits per heavy atom. The van der Waals surface area contributed by atoms with Crippen LogP contribution in [0.2, 0.25) is 18.1 Å². The molecule has 0 heterocycles. The quantitative estimate of drug-likeness (QED) is 0.263. The lowest BCUT2D eigenvalue weighted by molar-refractivity contribution is 0.326. The SMILES string of the molecule is Cc1ccc(S(=O)(=O)N(CC#Cc2ccccc2)C(C)/C=C\CO[Si](C)(C)C(C)(C)C)cc1. The molecule has 178 valence electrons. The van der Waals surface area contributed by atoms with Gasteiger partial charge in [0.15, 0.2) is 8.32 Å². The lowest BCUT2D eigenvalue weighted by Gasteiger charge is -2.35. The molecule has 0 aliphatic heterocycles. The summed E-state index contributed by atoms with van der Waals surface area (Å²) in [6.45, 7) is 15.4. The minimum Gasteiger partial charge on any atom is -0.413 e. The van der Waals surface area contributed by atoms with Gasteiger partial charge in [-0.1, -0.05) is 80.7 Å². The topological polar surface area (TPSA) is 46.6 Å². The third kappa shape index (κ3) is 7.68. The highest BCUT2D eigenvalue weighted by atomic mass is 32.2. The molecule has 4 nitrogen and oxygen atoms in total. The van der Waals surface area contributed by atoms with Crippen molar-refractivity contribution in [1.29, 1.82) is 0 Å². The van der Waals surface area contributed by atoms with Gasteiger partial charge in [-0.3, -0.25) is 0 Å². The molecule has 0 aliphatic rings. The summed E-state index contributed by atoms with van der Waals surface area (Å²) in [5.41, 5.74) is 1.87. The highest BCUT2D eigenvalue weighted by molar-refractivity contribution is 7.89. The Bertz CT molecular complexity index is 1090. The molecule has 2 rings (SSSR count). The van der Waals surface area contributed by atoms with E-state index < -0.39 is 18.3 Å². The average Bonchev–Trinajstić information content (AvgIpc) is 2.74. The van der Waals surface area contributed by atoms with Gasteiger partial charge in [-0.2, -0.15) is 4.31 Å². The number of hydrogen-bond donors (Lipinski definition) is 0. The van der Waals surface area contributed by atoms with E-state index in [1.54, 1.807) is 12.1 Å². The van der Waals surface area contributed by atoms with Crippen molar-refractivity contribution in [3.63, 3.8) is 0 Å². The van der Waals surface area contributed by atoms with Crippen LogP contribution >= 0.6 is 0 Å². The second-order valence-electron chi connectivity index (χ2n) is 9.77. The lowest BCUT2D eigenvalue weighted by atomic mass is 10.2. The zero-order chi connectivity index (χ0) is 24.7. The van der Waals surface area contributed by atoms with E-state index in [4.69, 9.17) is 4.43 Å². The fraction of sp³-hybridized carbons (Fsp3) is 0.407. The van der Waals surface area contributed by atoms with Crippen molar-refractivity contribution in [2.24, 2.45) is 0 Å². The Balaban J connectivity index is 2.24.